The first-order valence-corrected chi connectivity index (χ1v) is 5.61. The standard InChI is InChI=1S/C11H22N2O3/c1-4-12-8-6-9(14)13-11(2,3)7-5-10(15)16/h12H,4-8H2,1-3H3,(H,13,14)(H,15,16). The van der Waals surface area contributed by atoms with Gasteiger partial charge in [-0.2, -0.15) is 0 Å². The molecule has 1 amide bonds. The summed E-state index contributed by atoms with van der Waals surface area (Å²) < 4.78 is 0. The van der Waals surface area contributed by atoms with Gasteiger partial charge in [0.2, 0.25) is 5.91 Å². The third kappa shape index (κ3) is 8.23. The number of nitrogens with one attached hydrogen (secondary N) is 2. The Bertz CT molecular complexity index is 239. The quantitative estimate of drug-likeness (QED) is 0.538. The maximum absolute atomic E-state index is 11.5. The lowest BCUT2D eigenvalue weighted by Crippen LogP contribution is -2.44. The zero-order valence-electron chi connectivity index (χ0n) is 10.3. The summed E-state index contributed by atoms with van der Waals surface area (Å²) in [6.45, 7) is 7.14. The van der Waals surface area contributed by atoms with Crippen LogP contribution in [0.4, 0.5) is 0 Å². The number of carboxylic acid groups (broad SMARTS) is 1. The molecule has 3 N–H and O–H groups in total. The molecular formula is C11H22N2O3. The number of hydrogen-bond acceptors (Lipinski definition) is 3. The van der Waals surface area contributed by atoms with Gasteiger partial charge in [0, 0.05) is 24.9 Å². The molecule has 0 saturated heterocycles. The molecule has 5 heteroatoms. The first-order valence-electron chi connectivity index (χ1n) is 5.61. The third-order valence-electron chi connectivity index (χ3n) is 2.22. The van der Waals surface area contributed by atoms with Crippen molar-refractivity contribution in [2.45, 2.75) is 45.6 Å². The van der Waals surface area contributed by atoms with Crippen LogP contribution in [0, 0.1) is 0 Å². The number of carboxylic acids is 1. The van der Waals surface area contributed by atoms with E-state index in [1.165, 1.54) is 0 Å². The van der Waals surface area contributed by atoms with Gasteiger partial charge in [-0.3, -0.25) is 9.59 Å². The monoisotopic (exact) mass is 230 g/mol. The van der Waals surface area contributed by atoms with Crippen molar-refractivity contribution < 1.29 is 14.7 Å². The van der Waals surface area contributed by atoms with Gasteiger partial charge in [-0.1, -0.05) is 6.92 Å². The lowest BCUT2D eigenvalue weighted by molar-refractivity contribution is -0.137. The molecule has 0 bridgehead atoms. The fourth-order valence-electron chi connectivity index (χ4n) is 1.30. The van der Waals surface area contributed by atoms with Crippen LogP contribution in [0.1, 0.15) is 40.0 Å². The SMILES string of the molecule is CCNCCC(=O)NC(C)(C)CCC(=O)O. The molecule has 16 heavy (non-hydrogen) atoms. The van der Waals surface area contributed by atoms with Gasteiger partial charge in [-0.25, -0.2) is 0 Å². The zero-order valence-corrected chi connectivity index (χ0v) is 10.3. The highest BCUT2D eigenvalue weighted by Gasteiger charge is 2.20. The average Bonchev–Trinajstić information content (AvgIpc) is 2.15. The van der Waals surface area contributed by atoms with E-state index in [2.05, 4.69) is 10.6 Å². The van der Waals surface area contributed by atoms with Crippen LogP contribution in [-0.4, -0.2) is 35.6 Å². The summed E-state index contributed by atoms with van der Waals surface area (Å²) >= 11 is 0. The van der Waals surface area contributed by atoms with Gasteiger partial charge in [0.25, 0.3) is 0 Å². The molecule has 0 unspecified atom stereocenters. The highest BCUT2D eigenvalue weighted by atomic mass is 16.4. The normalized spacial score (nSPS) is 11.2. The highest BCUT2D eigenvalue weighted by molar-refractivity contribution is 5.77. The number of aliphatic carboxylic acids is 1. The van der Waals surface area contributed by atoms with Crippen molar-refractivity contribution in [2.75, 3.05) is 13.1 Å². The maximum Gasteiger partial charge on any atom is 0.303 e. The molecule has 0 aliphatic carbocycles. The molecule has 0 saturated carbocycles. The van der Waals surface area contributed by atoms with E-state index in [4.69, 9.17) is 5.11 Å². The molecule has 0 aliphatic rings. The van der Waals surface area contributed by atoms with E-state index in [-0.39, 0.29) is 12.3 Å². The second-order valence-corrected chi connectivity index (χ2v) is 4.43. The van der Waals surface area contributed by atoms with Gasteiger partial charge in [0.05, 0.1) is 0 Å². The molecule has 94 valence electrons. The van der Waals surface area contributed by atoms with Gasteiger partial charge in [0.15, 0.2) is 0 Å². The fourth-order valence-corrected chi connectivity index (χ4v) is 1.30. The van der Waals surface area contributed by atoms with Crippen molar-refractivity contribution in [1.82, 2.24) is 10.6 Å². The van der Waals surface area contributed by atoms with Gasteiger partial charge in [0.1, 0.15) is 0 Å². The third-order valence-corrected chi connectivity index (χ3v) is 2.22. The van der Waals surface area contributed by atoms with Crippen molar-refractivity contribution in [3.8, 4) is 0 Å². The Labute approximate surface area is 96.6 Å². The maximum atomic E-state index is 11.5. The minimum absolute atomic E-state index is 0.0451. The van der Waals surface area contributed by atoms with Crippen molar-refractivity contribution >= 4 is 11.9 Å². The Morgan fingerprint density at radius 1 is 1.25 bits per heavy atom. The molecule has 0 radical (unpaired) electrons. The summed E-state index contributed by atoms with van der Waals surface area (Å²) in [4.78, 5) is 21.9. The topological polar surface area (TPSA) is 78.4 Å². The van der Waals surface area contributed by atoms with Crippen molar-refractivity contribution in [3.63, 3.8) is 0 Å². The van der Waals surface area contributed by atoms with Gasteiger partial charge >= 0.3 is 5.97 Å². The van der Waals surface area contributed by atoms with Crippen molar-refractivity contribution in [1.29, 1.82) is 0 Å². The van der Waals surface area contributed by atoms with Gasteiger partial charge in [-0.15, -0.1) is 0 Å². The van der Waals surface area contributed by atoms with Crippen LogP contribution in [0.15, 0.2) is 0 Å². The molecule has 0 heterocycles. The van der Waals surface area contributed by atoms with E-state index >= 15 is 0 Å². The van der Waals surface area contributed by atoms with Gasteiger partial charge < -0.3 is 15.7 Å². The number of amides is 1. The molecule has 0 aromatic rings. The van der Waals surface area contributed by atoms with Crippen molar-refractivity contribution in [3.05, 3.63) is 0 Å². The number of carbonyl (C=O) groups excluding carboxylic acids is 1. The van der Waals surface area contributed by atoms with Crippen LogP contribution in [0.5, 0.6) is 0 Å². The number of rotatable bonds is 8. The molecule has 5 nitrogen and oxygen atoms in total. The van der Waals surface area contributed by atoms with Crippen LogP contribution >= 0.6 is 0 Å². The average molecular weight is 230 g/mol. The Balaban J connectivity index is 3.85. The van der Waals surface area contributed by atoms with Crippen molar-refractivity contribution in [2.24, 2.45) is 0 Å². The second kappa shape index (κ2) is 7.22. The lowest BCUT2D eigenvalue weighted by atomic mass is 9.98. The molecule has 0 fully saturated rings. The van der Waals surface area contributed by atoms with E-state index in [0.717, 1.165) is 6.54 Å². The number of hydrogen-bond donors (Lipinski definition) is 3. The van der Waals surface area contributed by atoms with Crippen LogP contribution in [-0.2, 0) is 9.59 Å². The predicted molar refractivity (Wildman–Crippen MR) is 62.3 cm³/mol. The molecule has 0 aromatic carbocycles. The Hall–Kier alpha value is -1.10. The Kier molecular flexibility index (Phi) is 6.72. The van der Waals surface area contributed by atoms with Crippen LogP contribution in [0.3, 0.4) is 0 Å². The summed E-state index contributed by atoms with van der Waals surface area (Å²) in [6, 6.07) is 0. The smallest absolute Gasteiger partial charge is 0.303 e. The minimum Gasteiger partial charge on any atom is -0.481 e. The van der Waals surface area contributed by atoms with E-state index in [1.807, 2.05) is 20.8 Å². The first kappa shape index (κ1) is 14.9. The summed E-state index contributed by atoms with van der Waals surface area (Å²) in [5, 5.41) is 14.5. The molecule has 0 spiro atoms. The number of carbonyl (C=O) groups is 2. The zero-order chi connectivity index (χ0) is 12.6. The van der Waals surface area contributed by atoms with Crippen LogP contribution in [0.2, 0.25) is 0 Å². The van der Waals surface area contributed by atoms with Crippen LogP contribution in [0.25, 0.3) is 0 Å². The summed E-state index contributed by atoms with van der Waals surface area (Å²) in [5.74, 6) is -0.883. The lowest BCUT2D eigenvalue weighted by Gasteiger charge is -2.25. The molecule has 0 aliphatic heterocycles. The van der Waals surface area contributed by atoms with E-state index in [0.29, 0.717) is 19.4 Å². The molecule has 0 atom stereocenters. The largest absolute Gasteiger partial charge is 0.481 e. The Morgan fingerprint density at radius 3 is 2.38 bits per heavy atom. The highest BCUT2D eigenvalue weighted by Crippen LogP contribution is 2.11. The van der Waals surface area contributed by atoms with Gasteiger partial charge in [-0.05, 0) is 26.8 Å². The molecular weight excluding hydrogens is 208 g/mol. The predicted octanol–water partition coefficient (Wildman–Crippen LogP) is 0.746. The summed E-state index contributed by atoms with van der Waals surface area (Å²) in [7, 11) is 0. The van der Waals surface area contributed by atoms with E-state index in [1.54, 1.807) is 0 Å². The first-order chi connectivity index (χ1) is 7.37. The second-order valence-electron chi connectivity index (χ2n) is 4.43. The van der Waals surface area contributed by atoms with Crippen LogP contribution < -0.4 is 10.6 Å². The fraction of sp³-hybridized carbons (Fsp3) is 0.818. The summed E-state index contributed by atoms with van der Waals surface area (Å²) in [6.07, 6.45) is 0.931. The molecule has 0 aromatic heterocycles. The summed E-state index contributed by atoms with van der Waals surface area (Å²) in [5.41, 5.74) is -0.457. The Morgan fingerprint density at radius 2 is 1.88 bits per heavy atom. The van der Waals surface area contributed by atoms with E-state index < -0.39 is 11.5 Å². The van der Waals surface area contributed by atoms with E-state index in [9.17, 15) is 9.59 Å². The minimum atomic E-state index is -0.838. The molecule has 0 rings (SSSR count).